The van der Waals surface area contributed by atoms with Crippen LogP contribution in [0.25, 0.3) is 0 Å². The molecule has 0 unspecified atom stereocenters. The maximum absolute atomic E-state index is 11.9. The lowest BCUT2D eigenvalue weighted by Crippen LogP contribution is -2.33. The molecule has 0 atom stereocenters. The van der Waals surface area contributed by atoms with Crippen LogP contribution in [-0.4, -0.2) is 35.8 Å². The van der Waals surface area contributed by atoms with Crippen LogP contribution < -0.4 is 16.0 Å². The summed E-state index contributed by atoms with van der Waals surface area (Å²) in [5.74, 6) is -0.246. The molecule has 0 fully saturated rings. The molecular formula is C14H19N5O. The molecule has 1 amide bonds. The molecule has 2 rings (SSSR count). The van der Waals surface area contributed by atoms with Crippen molar-refractivity contribution in [1.82, 2.24) is 15.1 Å². The molecule has 0 bridgehead atoms. The van der Waals surface area contributed by atoms with Crippen molar-refractivity contribution in [1.29, 1.82) is 0 Å². The zero-order valence-electron chi connectivity index (χ0n) is 11.7. The molecule has 6 nitrogen and oxygen atoms in total. The number of aromatic nitrogens is 2. The standard InChI is InChI=1S/C14H19N5O/c1-18(11-6-4-3-5-7-11)9-8-16-14(20)13-12(15)10-19(2)17-13/h3-7,10H,8-9,15H2,1-2H3,(H,16,20). The predicted octanol–water partition coefficient (Wildman–Crippen LogP) is 0.868. The number of nitrogens with one attached hydrogen (secondary N) is 1. The highest BCUT2D eigenvalue weighted by molar-refractivity contribution is 5.96. The van der Waals surface area contributed by atoms with E-state index in [-0.39, 0.29) is 11.6 Å². The number of anilines is 2. The van der Waals surface area contributed by atoms with Gasteiger partial charge in [0.1, 0.15) is 0 Å². The Morgan fingerprint density at radius 3 is 2.70 bits per heavy atom. The Labute approximate surface area is 118 Å². The minimum Gasteiger partial charge on any atom is -0.396 e. The maximum Gasteiger partial charge on any atom is 0.274 e. The summed E-state index contributed by atoms with van der Waals surface area (Å²) < 4.78 is 1.53. The molecule has 106 valence electrons. The number of nitrogen functional groups attached to an aromatic ring is 1. The predicted molar refractivity (Wildman–Crippen MR) is 79.7 cm³/mol. The fourth-order valence-electron chi connectivity index (χ4n) is 1.92. The quantitative estimate of drug-likeness (QED) is 0.847. The second kappa shape index (κ2) is 6.10. The zero-order chi connectivity index (χ0) is 14.5. The first-order valence-corrected chi connectivity index (χ1v) is 6.41. The van der Waals surface area contributed by atoms with Crippen LogP contribution in [0.15, 0.2) is 36.5 Å². The minimum absolute atomic E-state index is 0.246. The summed E-state index contributed by atoms with van der Waals surface area (Å²) in [5, 5.41) is 6.85. The summed E-state index contributed by atoms with van der Waals surface area (Å²) in [4.78, 5) is 14.0. The van der Waals surface area contributed by atoms with Crippen molar-refractivity contribution >= 4 is 17.3 Å². The van der Waals surface area contributed by atoms with Gasteiger partial charge in [-0.25, -0.2) is 0 Å². The van der Waals surface area contributed by atoms with E-state index in [4.69, 9.17) is 5.73 Å². The Balaban J connectivity index is 1.84. The van der Waals surface area contributed by atoms with Crippen LogP contribution in [0.1, 0.15) is 10.5 Å². The maximum atomic E-state index is 11.9. The molecule has 0 aliphatic heterocycles. The van der Waals surface area contributed by atoms with E-state index in [1.165, 1.54) is 4.68 Å². The Morgan fingerprint density at radius 1 is 1.40 bits per heavy atom. The van der Waals surface area contributed by atoms with Gasteiger partial charge in [0.15, 0.2) is 5.69 Å². The Morgan fingerprint density at radius 2 is 2.10 bits per heavy atom. The molecule has 0 spiro atoms. The van der Waals surface area contributed by atoms with E-state index < -0.39 is 0 Å². The molecule has 1 aromatic heterocycles. The van der Waals surface area contributed by atoms with Crippen molar-refractivity contribution in [2.45, 2.75) is 0 Å². The Hall–Kier alpha value is -2.50. The third-order valence-electron chi connectivity index (χ3n) is 3.00. The Kier molecular flexibility index (Phi) is 4.24. The lowest BCUT2D eigenvalue weighted by molar-refractivity contribution is 0.0950. The van der Waals surface area contributed by atoms with Gasteiger partial charge in [-0.2, -0.15) is 5.10 Å². The molecule has 6 heteroatoms. The van der Waals surface area contributed by atoms with E-state index in [1.54, 1.807) is 13.2 Å². The summed E-state index contributed by atoms with van der Waals surface area (Å²) in [6, 6.07) is 10.00. The van der Waals surface area contributed by atoms with Gasteiger partial charge in [0.05, 0.1) is 5.69 Å². The van der Waals surface area contributed by atoms with Gasteiger partial charge in [-0.05, 0) is 12.1 Å². The van der Waals surface area contributed by atoms with Gasteiger partial charge in [0, 0.05) is 39.1 Å². The van der Waals surface area contributed by atoms with Crippen molar-refractivity contribution in [2.75, 3.05) is 30.8 Å². The SMILES string of the molecule is CN(CCNC(=O)c1nn(C)cc1N)c1ccccc1. The van der Waals surface area contributed by atoms with Crippen molar-refractivity contribution in [2.24, 2.45) is 7.05 Å². The average Bonchev–Trinajstić information content (AvgIpc) is 2.78. The van der Waals surface area contributed by atoms with Gasteiger partial charge in [-0.3, -0.25) is 9.48 Å². The lowest BCUT2D eigenvalue weighted by Gasteiger charge is -2.19. The number of nitrogens with two attached hydrogens (primary N) is 1. The third kappa shape index (κ3) is 3.28. The van der Waals surface area contributed by atoms with E-state index in [9.17, 15) is 4.79 Å². The van der Waals surface area contributed by atoms with Gasteiger partial charge in [-0.1, -0.05) is 18.2 Å². The Bertz CT molecular complexity index is 579. The van der Waals surface area contributed by atoms with E-state index in [2.05, 4.69) is 15.3 Å². The van der Waals surface area contributed by atoms with E-state index in [1.807, 2.05) is 37.4 Å². The zero-order valence-corrected chi connectivity index (χ0v) is 11.7. The van der Waals surface area contributed by atoms with Crippen LogP contribution in [0.5, 0.6) is 0 Å². The number of amides is 1. The monoisotopic (exact) mass is 273 g/mol. The summed E-state index contributed by atoms with van der Waals surface area (Å²) in [7, 11) is 3.72. The summed E-state index contributed by atoms with van der Waals surface area (Å²) >= 11 is 0. The molecule has 1 heterocycles. The summed E-state index contributed by atoms with van der Waals surface area (Å²) in [6.45, 7) is 1.24. The summed E-state index contributed by atoms with van der Waals surface area (Å²) in [6.07, 6.45) is 1.62. The average molecular weight is 273 g/mol. The fourth-order valence-corrected chi connectivity index (χ4v) is 1.92. The van der Waals surface area contributed by atoms with E-state index in [0.717, 1.165) is 5.69 Å². The number of hydrogen-bond acceptors (Lipinski definition) is 4. The third-order valence-corrected chi connectivity index (χ3v) is 3.00. The molecule has 3 N–H and O–H groups in total. The van der Waals surface area contributed by atoms with Gasteiger partial charge >= 0.3 is 0 Å². The number of para-hydroxylation sites is 1. The smallest absolute Gasteiger partial charge is 0.274 e. The number of carbonyl (C=O) groups is 1. The van der Waals surface area contributed by atoms with E-state index >= 15 is 0 Å². The van der Waals surface area contributed by atoms with Gasteiger partial charge in [0.25, 0.3) is 5.91 Å². The number of benzene rings is 1. The fraction of sp³-hybridized carbons (Fsp3) is 0.286. The van der Waals surface area contributed by atoms with Gasteiger partial charge < -0.3 is 16.0 Å². The highest BCUT2D eigenvalue weighted by Gasteiger charge is 2.13. The van der Waals surface area contributed by atoms with Crippen molar-refractivity contribution in [3.63, 3.8) is 0 Å². The van der Waals surface area contributed by atoms with Gasteiger partial charge in [0.2, 0.25) is 0 Å². The first-order valence-electron chi connectivity index (χ1n) is 6.41. The molecule has 0 radical (unpaired) electrons. The number of hydrogen-bond donors (Lipinski definition) is 2. The molecule has 0 aliphatic carbocycles. The highest BCUT2D eigenvalue weighted by atomic mass is 16.2. The molecule has 0 saturated heterocycles. The second-order valence-electron chi connectivity index (χ2n) is 4.62. The first-order chi connectivity index (χ1) is 9.58. The summed E-state index contributed by atoms with van der Waals surface area (Å²) in [5.41, 5.74) is 7.48. The van der Waals surface area contributed by atoms with Gasteiger partial charge in [-0.15, -0.1) is 0 Å². The topological polar surface area (TPSA) is 76.2 Å². The number of likely N-dealkylation sites (N-methyl/N-ethyl adjacent to an activating group) is 1. The van der Waals surface area contributed by atoms with Crippen LogP contribution in [0.2, 0.25) is 0 Å². The van der Waals surface area contributed by atoms with Crippen molar-refractivity contribution < 1.29 is 4.79 Å². The van der Waals surface area contributed by atoms with Crippen LogP contribution >= 0.6 is 0 Å². The van der Waals surface area contributed by atoms with Crippen LogP contribution in [0, 0.1) is 0 Å². The molecule has 1 aromatic carbocycles. The molecule has 0 aliphatic rings. The first kappa shape index (κ1) is 13.9. The number of nitrogens with zero attached hydrogens (tertiary/aromatic N) is 3. The highest BCUT2D eigenvalue weighted by Crippen LogP contribution is 2.10. The minimum atomic E-state index is -0.246. The van der Waals surface area contributed by atoms with Crippen LogP contribution in [0.3, 0.4) is 0 Å². The van der Waals surface area contributed by atoms with Crippen molar-refractivity contribution in [3.05, 3.63) is 42.2 Å². The molecule has 20 heavy (non-hydrogen) atoms. The normalized spacial score (nSPS) is 10.3. The molecule has 2 aromatic rings. The number of rotatable bonds is 5. The van der Waals surface area contributed by atoms with Crippen molar-refractivity contribution in [3.8, 4) is 0 Å². The second-order valence-corrected chi connectivity index (χ2v) is 4.62. The molecule has 0 saturated carbocycles. The molecular weight excluding hydrogens is 254 g/mol. The lowest BCUT2D eigenvalue weighted by atomic mass is 10.3. The largest absolute Gasteiger partial charge is 0.396 e. The van der Waals surface area contributed by atoms with E-state index in [0.29, 0.717) is 18.8 Å². The number of aryl methyl sites for hydroxylation is 1. The number of carbonyl (C=O) groups excluding carboxylic acids is 1. The van der Waals surface area contributed by atoms with Crippen LogP contribution in [0.4, 0.5) is 11.4 Å². The van der Waals surface area contributed by atoms with Crippen LogP contribution in [-0.2, 0) is 7.05 Å².